The largest absolute Gasteiger partial charge is 0.364 e. The van der Waals surface area contributed by atoms with Crippen LogP contribution in [-0.2, 0) is 0 Å². The summed E-state index contributed by atoms with van der Waals surface area (Å²) in [6, 6.07) is 8.51. The van der Waals surface area contributed by atoms with E-state index in [4.69, 9.17) is 0 Å². The maximum atomic E-state index is 16.0. The molecule has 0 saturated carbocycles. The van der Waals surface area contributed by atoms with E-state index in [2.05, 4.69) is 24.9 Å². The van der Waals surface area contributed by atoms with Crippen LogP contribution in [0.4, 0.5) is 87.8 Å². The van der Waals surface area contributed by atoms with Gasteiger partial charge in [-0.3, -0.25) is 0 Å². The van der Waals surface area contributed by atoms with Crippen molar-refractivity contribution in [2.75, 3.05) is 0 Å². The molecule has 5 nitrogen and oxygen atoms in total. The standard InChI is InChI=1S/C48H21F20N5/c49-29-25(30(50)38(58)45(65)37(29)57)21(16-5-6-17(72-16)22(14-3-1-9-69-14)26-31(51)39(59)46(66)40(60)32(26)52)13-11-20(71-12-13)24(28-35(55)43(63)48(68)44(64)36(28)56)19-8-7-18(73-19)23(15-4-2-10-70-15)27-33(53)41(61)47(67)42(62)34(27)54/h1-12,21-24,69-73H. The first-order chi connectivity index (χ1) is 34.6. The van der Waals surface area contributed by atoms with Crippen molar-refractivity contribution in [2.45, 2.75) is 23.7 Å². The smallest absolute Gasteiger partial charge is 0.200 e. The van der Waals surface area contributed by atoms with Crippen LogP contribution in [0.15, 0.2) is 73.2 Å². The summed E-state index contributed by atoms with van der Waals surface area (Å²) in [5.74, 6) is -59.1. The first-order valence-corrected chi connectivity index (χ1v) is 20.5. The average molecular weight is 1050 g/mol. The van der Waals surface area contributed by atoms with Crippen molar-refractivity contribution in [3.05, 3.63) is 257 Å². The fraction of sp³-hybridized carbons (Fsp3) is 0.0833. The summed E-state index contributed by atoms with van der Waals surface area (Å²) in [5.41, 5.74) is -11.3. The van der Waals surface area contributed by atoms with E-state index in [0.29, 0.717) is 12.3 Å². The fourth-order valence-corrected chi connectivity index (χ4v) is 8.78. The van der Waals surface area contributed by atoms with Crippen LogP contribution in [0.25, 0.3) is 0 Å². The zero-order valence-electron chi connectivity index (χ0n) is 35.3. The molecule has 0 spiro atoms. The number of aromatic amines is 5. The maximum absolute atomic E-state index is 16.0. The Labute approximate surface area is 393 Å². The highest BCUT2D eigenvalue weighted by Gasteiger charge is 2.40. The van der Waals surface area contributed by atoms with Crippen molar-refractivity contribution in [2.24, 2.45) is 0 Å². The number of aromatic nitrogens is 5. The highest BCUT2D eigenvalue weighted by Crippen LogP contribution is 2.45. The molecule has 5 heterocycles. The Morgan fingerprint density at radius 3 is 0.767 bits per heavy atom. The van der Waals surface area contributed by atoms with Crippen LogP contribution in [0.1, 0.15) is 91.3 Å². The number of benzene rings is 4. The van der Waals surface area contributed by atoms with Gasteiger partial charge in [-0.05, 0) is 60.2 Å². The highest BCUT2D eigenvalue weighted by atomic mass is 19.2. The third kappa shape index (κ3) is 7.82. The molecule has 5 N–H and O–H groups in total. The molecule has 0 aliphatic heterocycles. The first kappa shape index (κ1) is 49.8. The normalized spacial score (nSPS) is 13.5. The van der Waals surface area contributed by atoms with Crippen molar-refractivity contribution < 1.29 is 87.8 Å². The molecular weight excluding hydrogens is 1030 g/mol. The van der Waals surface area contributed by atoms with Crippen LogP contribution in [-0.4, -0.2) is 24.9 Å². The van der Waals surface area contributed by atoms with Gasteiger partial charge in [-0.1, -0.05) is 0 Å². The van der Waals surface area contributed by atoms with Gasteiger partial charge >= 0.3 is 0 Å². The number of H-pyrrole nitrogens is 5. The van der Waals surface area contributed by atoms with E-state index in [1.807, 2.05) is 0 Å². The summed E-state index contributed by atoms with van der Waals surface area (Å²) in [6.07, 6.45) is 2.94. The van der Waals surface area contributed by atoms with Gasteiger partial charge in [-0.25, -0.2) is 87.8 Å². The van der Waals surface area contributed by atoms with Gasteiger partial charge in [-0.2, -0.15) is 0 Å². The van der Waals surface area contributed by atoms with E-state index in [1.165, 1.54) is 12.1 Å². The number of halogens is 20. The summed E-state index contributed by atoms with van der Waals surface area (Å²) >= 11 is 0. The van der Waals surface area contributed by atoms with Gasteiger partial charge in [0.2, 0.25) is 23.3 Å². The van der Waals surface area contributed by atoms with Crippen LogP contribution in [0.5, 0.6) is 0 Å². The number of hydrogen-bond acceptors (Lipinski definition) is 0. The quantitative estimate of drug-likeness (QED) is 0.0459. The second kappa shape index (κ2) is 18.5. The number of rotatable bonds is 12. The zero-order valence-corrected chi connectivity index (χ0v) is 35.3. The molecule has 4 atom stereocenters. The Morgan fingerprint density at radius 2 is 0.493 bits per heavy atom. The molecule has 4 unspecified atom stereocenters. The predicted molar refractivity (Wildman–Crippen MR) is 213 cm³/mol. The lowest BCUT2D eigenvalue weighted by atomic mass is 9.87. The van der Waals surface area contributed by atoms with Gasteiger partial charge < -0.3 is 24.9 Å². The molecule has 0 radical (unpaired) electrons. The van der Waals surface area contributed by atoms with Crippen molar-refractivity contribution in [3.8, 4) is 0 Å². The Morgan fingerprint density at radius 1 is 0.247 bits per heavy atom. The van der Waals surface area contributed by atoms with Gasteiger partial charge in [0.15, 0.2) is 93.1 Å². The van der Waals surface area contributed by atoms with Crippen molar-refractivity contribution >= 4 is 0 Å². The minimum Gasteiger partial charge on any atom is -0.364 e. The van der Waals surface area contributed by atoms with Gasteiger partial charge in [0.1, 0.15) is 0 Å². The van der Waals surface area contributed by atoms with Gasteiger partial charge in [-0.15, -0.1) is 0 Å². The third-order valence-corrected chi connectivity index (χ3v) is 12.1. The highest BCUT2D eigenvalue weighted by molar-refractivity contribution is 5.51. The second-order valence-electron chi connectivity index (χ2n) is 16.0. The Kier molecular flexibility index (Phi) is 12.6. The third-order valence-electron chi connectivity index (χ3n) is 12.1. The Balaban J connectivity index is 1.27. The van der Waals surface area contributed by atoms with Crippen LogP contribution < -0.4 is 0 Å². The lowest BCUT2D eigenvalue weighted by molar-refractivity contribution is 0.368. The Bertz CT molecular complexity index is 3280. The average Bonchev–Trinajstić information content (AvgIpc) is 4.26. The van der Waals surface area contributed by atoms with E-state index in [-0.39, 0.29) is 11.4 Å². The molecule has 0 amide bonds. The molecular formula is C48H21F20N5. The molecule has 9 aromatic rings. The molecule has 0 saturated heterocycles. The second-order valence-corrected chi connectivity index (χ2v) is 16.0. The SMILES string of the molecule is Fc1c(F)c(F)c(C(c2c[nH]c(C(c3ccc(C(c4ccc[nH]4)c4c(F)c(F)c(F)c(F)c4F)[nH]3)c3c(F)c(F)c(F)c(F)c3F)c2)c2ccc(C(c3ccc[nH]3)c3c(F)c(F)c(F)c(F)c3F)[nH]2)c(F)c1F. The van der Waals surface area contributed by atoms with Crippen molar-refractivity contribution in [1.29, 1.82) is 0 Å². The molecule has 4 aromatic carbocycles. The molecule has 0 bridgehead atoms. The molecule has 0 fully saturated rings. The maximum Gasteiger partial charge on any atom is 0.200 e. The summed E-state index contributed by atoms with van der Waals surface area (Å²) < 4.78 is 302. The van der Waals surface area contributed by atoms with Crippen molar-refractivity contribution in [3.63, 3.8) is 0 Å². The predicted octanol–water partition coefficient (Wildman–Crippen LogP) is 13.8. The summed E-state index contributed by atoms with van der Waals surface area (Å²) in [5, 5.41) is 0. The fourth-order valence-electron chi connectivity index (χ4n) is 8.78. The van der Waals surface area contributed by atoms with Gasteiger partial charge in [0.05, 0.1) is 23.7 Å². The van der Waals surface area contributed by atoms with Crippen LogP contribution >= 0.6 is 0 Å². The van der Waals surface area contributed by atoms with Crippen molar-refractivity contribution in [1.82, 2.24) is 24.9 Å². The van der Waals surface area contributed by atoms with E-state index in [9.17, 15) is 35.1 Å². The topological polar surface area (TPSA) is 78.9 Å². The summed E-state index contributed by atoms with van der Waals surface area (Å²) in [7, 11) is 0. The molecule has 378 valence electrons. The minimum absolute atomic E-state index is 0.317. The number of nitrogens with one attached hydrogen (secondary N) is 5. The molecule has 25 heteroatoms. The summed E-state index contributed by atoms with van der Waals surface area (Å²) in [6.45, 7) is 0. The molecule has 73 heavy (non-hydrogen) atoms. The lowest BCUT2D eigenvalue weighted by Gasteiger charge is -2.21. The minimum atomic E-state index is -2.69. The number of hydrogen-bond donors (Lipinski definition) is 5. The Hall–Kier alpha value is -8.12. The van der Waals surface area contributed by atoms with Crippen LogP contribution in [0, 0.1) is 116 Å². The van der Waals surface area contributed by atoms with Crippen LogP contribution in [0.3, 0.4) is 0 Å². The molecule has 5 aromatic heterocycles. The van der Waals surface area contributed by atoms with E-state index in [0.717, 1.165) is 48.8 Å². The molecule has 0 aliphatic carbocycles. The molecule has 9 rings (SSSR count). The van der Waals surface area contributed by atoms with E-state index < -0.39 is 196 Å². The van der Waals surface area contributed by atoms with E-state index in [1.54, 1.807) is 0 Å². The van der Waals surface area contributed by atoms with Gasteiger partial charge in [0.25, 0.3) is 0 Å². The first-order valence-electron chi connectivity index (χ1n) is 20.5. The monoisotopic (exact) mass is 1050 g/mol. The zero-order chi connectivity index (χ0) is 52.8. The molecule has 0 aliphatic rings. The summed E-state index contributed by atoms with van der Waals surface area (Å²) in [4.78, 5) is 12.2. The van der Waals surface area contributed by atoms with Crippen LogP contribution in [0.2, 0.25) is 0 Å². The van der Waals surface area contributed by atoms with Gasteiger partial charge in [0, 0.05) is 80.7 Å². The van der Waals surface area contributed by atoms with E-state index >= 15 is 52.7 Å². The lowest BCUT2D eigenvalue weighted by Crippen LogP contribution is -2.16.